The molecule has 3 rings (SSSR count). The van der Waals surface area contributed by atoms with Gasteiger partial charge in [-0.1, -0.05) is 0 Å². The third-order valence-electron chi connectivity index (χ3n) is 3.85. The Morgan fingerprint density at radius 1 is 1.44 bits per heavy atom. The Hall–Kier alpha value is -2.92. The zero-order chi connectivity index (χ0) is 19.4. The van der Waals surface area contributed by atoms with Gasteiger partial charge in [-0.15, -0.1) is 5.10 Å². The van der Waals surface area contributed by atoms with Gasteiger partial charge in [0.25, 0.3) is 5.69 Å². The van der Waals surface area contributed by atoms with E-state index in [0.717, 1.165) is 17.4 Å². The van der Waals surface area contributed by atoms with Gasteiger partial charge in [-0.3, -0.25) is 15.2 Å². The van der Waals surface area contributed by atoms with Gasteiger partial charge in [0, 0.05) is 36.5 Å². The Morgan fingerprint density at radius 2 is 2.19 bits per heavy atom. The molecule has 1 fully saturated rings. The fourth-order valence-corrected chi connectivity index (χ4v) is 3.35. The maximum atomic E-state index is 11.7. The van der Waals surface area contributed by atoms with Gasteiger partial charge in [-0.05, 0) is 30.8 Å². The molecule has 0 atom stereocenters. The number of hydrogen-bond acceptors (Lipinski definition) is 8. The molecular formula is C16H17N5O5S. The van der Waals surface area contributed by atoms with E-state index in [4.69, 9.17) is 4.74 Å². The summed E-state index contributed by atoms with van der Waals surface area (Å²) in [6, 6.07) is 4.42. The van der Waals surface area contributed by atoms with Gasteiger partial charge in [0.1, 0.15) is 10.7 Å². The second kappa shape index (κ2) is 8.18. The zero-order valence-corrected chi connectivity index (χ0v) is 15.2. The monoisotopic (exact) mass is 391 g/mol. The first kappa shape index (κ1) is 18.9. The summed E-state index contributed by atoms with van der Waals surface area (Å²) in [6.07, 6.45) is 1.41. The quantitative estimate of drug-likeness (QED) is 0.328. The molecular weight excluding hydrogens is 374 g/mol. The average molecular weight is 391 g/mol. The molecule has 0 spiro atoms. The molecule has 1 aromatic heterocycles. The third-order valence-corrected chi connectivity index (χ3v) is 4.73. The van der Waals surface area contributed by atoms with Crippen LogP contribution in [0.2, 0.25) is 0 Å². The summed E-state index contributed by atoms with van der Waals surface area (Å²) in [7, 11) is 0. The SMILES string of the molecule is Cc1nc(S/C(=C\c2cc([N+](=O)[O-])ccc2N2CCOCC2)C(=O)O)n[nH]1. The largest absolute Gasteiger partial charge is 0.477 e. The van der Waals surface area contributed by atoms with Gasteiger partial charge in [0.05, 0.1) is 18.1 Å². The topological polar surface area (TPSA) is 134 Å². The summed E-state index contributed by atoms with van der Waals surface area (Å²) in [5.74, 6) is -0.603. The zero-order valence-electron chi connectivity index (χ0n) is 14.4. The number of benzene rings is 1. The van der Waals surface area contributed by atoms with E-state index < -0.39 is 10.9 Å². The highest BCUT2D eigenvalue weighted by Gasteiger charge is 2.20. The van der Waals surface area contributed by atoms with E-state index >= 15 is 0 Å². The number of carbonyl (C=O) groups is 1. The summed E-state index contributed by atoms with van der Waals surface area (Å²) < 4.78 is 5.34. The normalized spacial score (nSPS) is 15.0. The number of nitrogens with zero attached hydrogens (tertiary/aromatic N) is 4. The fraction of sp³-hybridized carbons (Fsp3) is 0.312. The smallest absolute Gasteiger partial charge is 0.342 e. The van der Waals surface area contributed by atoms with Crippen molar-refractivity contribution in [3.8, 4) is 0 Å². The molecule has 1 aliphatic rings. The number of carboxylic acid groups (broad SMARTS) is 1. The van der Waals surface area contributed by atoms with Crippen LogP contribution in [0, 0.1) is 17.0 Å². The van der Waals surface area contributed by atoms with Crippen LogP contribution in [0.1, 0.15) is 11.4 Å². The van der Waals surface area contributed by atoms with Crippen LogP contribution >= 0.6 is 11.8 Å². The lowest BCUT2D eigenvalue weighted by Gasteiger charge is -2.30. The number of nitro groups is 1. The number of nitro benzene ring substituents is 1. The average Bonchev–Trinajstić information content (AvgIpc) is 3.06. The molecule has 27 heavy (non-hydrogen) atoms. The number of aromatic nitrogens is 3. The molecule has 10 nitrogen and oxygen atoms in total. The number of non-ortho nitro benzene ring substituents is 1. The molecule has 11 heteroatoms. The van der Waals surface area contributed by atoms with E-state index in [-0.39, 0.29) is 15.7 Å². The minimum atomic E-state index is -1.16. The minimum absolute atomic E-state index is 0.0380. The van der Waals surface area contributed by atoms with Crippen LogP contribution in [0.25, 0.3) is 6.08 Å². The summed E-state index contributed by atoms with van der Waals surface area (Å²) in [5.41, 5.74) is 1.06. The van der Waals surface area contributed by atoms with Crippen molar-refractivity contribution in [1.29, 1.82) is 0 Å². The summed E-state index contributed by atoms with van der Waals surface area (Å²) in [5, 5.41) is 27.6. The lowest BCUT2D eigenvalue weighted by molar-refractivity contribution is -0.384. The molecule has 1 saturated heterocycles. The number of hydrogen-bond donors (Lipinski definition) is 2. The molecule has 0 saturated carbocycles. The second-order valence-electron chi connectivity index (χ2n) is 5.72. The van der Waals surface area contributed by atoms with Crippen molar-refractivity contribution in [2.45, 2.75) is 12.1 Å². The first-order valence-corrected chi connectivity index (χ1v) is 8.88. The van der Waals surface area contributed by atoms with Crippen LogP contribution in [-0.2, 0) is 9.53 Å². The molecule has 1 aromatic carbocycles. The number of aliphatic carboxylic acids is 1. The molecule has 0 bridgehead atoms. The third kappa shape index (κ3) is 4.63. The van der Waals surface area contributed by atoms with Crippen LogP contribution in [0.5, 0.6) is 0 Å². The van der Waals surface area contributed by atoms with E-state index in [2.05, 4.69) is 15.2 Å². The number of aryl methyl sites for hydroxylation is 1. The van der Waals surface area contributed by atoms with Crippen molar-refractivity contribution in [2.24, 2.45) is 0 Å². The molecule has 0 amide bonds. The van der Waals surface area contributed by atoms with E-state index in [1.165, 1.54) is 18.2 Å². The Bertz CT molecular complexity index is 891. The first-order valence-electron chi connectivity index (χ1n) is 8.07. The summed E-state index contributed by atoms with van der Waals surface area (Å²) in [6.45, 7) is 4.02. The van der Waals surface area contributed by atoms with Gasteiger partial charge in [-0.25, -0.2) is 9.78 Å². The number of aromatic amines is 1. The van der Waals surface area contributed by atoms with Crippen LogP contribution in [0.3, 0.4) is 0 Å². The number of ether oxygens (including phenoxy) is 1. The van der Waals surface area contributed by atoms with E-state index in [1.54, 1.807) is 13.0 Å². The number of H-pyrrole nitrogens is 1. The number of carboxylic acids is 1. The molecule has 142 valence electrons. The maximum Gasteiger partial charge on any atom is 0.342 e. The van der Waals surface area contributed by atoms with E-state index in [1.807, 2.05) is 4.90 Å². The summed E-state index contributed by atoms with van der Waals surface area (Å²) in [4.78, 5) is 28.4. The highest BCUT2D eigenvalue weighted by molar-refractivity contribution is 8.04. The van der Waals surface area contributed by atoms with Crippen molar-refractivity contribution in [1.82, 2.24) is 15.2 Å². The molecule has 2 aromatic rings. The lowest BCUT2D eigenvalue weighted by atomic mass is 10.1. The maximum absolute atomic E-state index is 11.7. The highest BCUT2D eigenvalue weighted by atomic mass is 32.2. The van der Waals surface area contributed by atoms with Gasteiger partial charge >= 0.3 is 5.97 Å². The Labute approximate surface area is 158 Å². The van der Waals surface area contributed by atoms with Crippen molar-refractivity contribution in [3.05, 3.63) is 44.6 Å². The molecule has 0 unspecified atom stereocenters. The van der Waals surface area contributed by atoms with Crippen LogP contribution in [-0.4, -0.2) is 57.5 Å². The molecule has 0 aliphatic carbocycles. The van der Waals surface area contributed by atoms with Gasteiger partial charge in [0.2, 0.25) is 5.16 Å². The van der Waals surface area contributed by atoms with Crippen molar-refractivity contribution >= 4 is 35.2 Å². The van der Waals surface area contributed by atoms with Crippen LogP contribution in [0.4, 0.5) is 11.4 Å². The predicted octanol–water partition coefficient (Wildman–Crippen LogP) is 2.08. The second-order valence-corrected chi connectivity index (χ2v) is 6.73. The van der Waals surface area contributed by atoms with Gasteiger partial charge in [0.15, 0.2) is 0 Å². The van der Waals surface area contributed by atoms with Gasteiger partial charge < -0.3 is 14.7 Å². The van der Waals surface area contributed by atoms with Crippen molar-refractivity contribution < 1.29 is 19.6 Å². The Balaban J connectivity index is 2.01. The molecule has 2 N–H and O–H groups in total. The standard InChI is InChI=1S/C16H17N5O5S/c1-10-17-16(19-18-10)27-14(15(22)23)9-11-8-12(21(24)25)2-3-13(11)20-4-6-26-7-5-20/h2-3,8-9H,4-7H2,1H3,(H,22,23)(H,17,18,19)/b14-9-. The lowest BCUT2D eigenvalue weighted by Crippen LogP contribution is -2.36. The van der Waals surface area contributed by atoms with E-state index in [9.17, 15) is 20.0 Å². The number of morpholine rings is 1. The van der Waals surface area contributed by atoms with E-state index in [0.29, 0.717) is 37.7 Å². The van der Waals surface area contributed by atoms with Gasteiger partial charge in [-0.2, -0.15) is 0 Å². The van der Waals surface area contributed by atoms with Crippen LogP contribution < -0.4 is 4.90 Å². The number of rotatable bonds is 6. The molecule has 0 radical (unpaired) electrons. The molecule has 2 heterocycles. The Kier molecular flexibility index (Phi) is 5.72. The summed E-state index contributed by atoms with van der Waals surface area (Å²) >= 11 is 0.877. The Morgan fingerprint density at radius 3 is 2.78 bits per heavy atom. The molecule has 1 aliphatic heterocycles. The number of anilines is 1. The minimum Gasteiger partial charge on any atom is -0.477 e. The fourth-order valence-electron chi connectivity index (χ4n) is 2.61. The van der Waals surface area contributed by atoms with Crippen molar-refractivity contribution in [2.75, 3.05) is 31.2 Å². The number of thioether (sulfide) groups is 1. The van der Waals surface area contributed by atoms with Crippen molar-refractivity contribution in [3.63, 3.8) is 0 Å². The highest BCUT2D eigenvalue weighted by Crippen LogP contribution is 2.32. The van der Waals surface area contributed by atoms with Crippen LogP contribution in [0.15, 0.2) is 28.3 Å². The predicted molar refractivity (Wildman–Crippen MR) is 98.7 cm³/mol. The first-order chi connectivity index (χ1) is 12.9. The number of nitrogens with one attached hydrogen (secondary N) is 1.